The number of nitrogens with one attached hydrogen (secondary N) is 1. The number of amides is 1. The Morgan fingerprint density at radius 1 is 1.06 bits per heavy atom. The molecule has 0 bridgehead atoms. The molecule has 3 rings (SSSR count). The molecule has 1 atom stereocenters. The minimum absolute atomic E-state index is 0.0471. The van der Waals surface area contributed by atoms with Crippen molar-refractivity contribution >= 4 is 17.4 Å². The molecule has 0 saturated heterocycles. The number of halogens is 2. The van der Waals surface area contributed by atoms with Gasteiger partial charge in [-0.25, -0.2) is 23.7 Å². The highest BCUT2D eigenvalue weighted by molar-refractivity contribution is 5.89. The molecule has 0 aliphatic rings. The quantitative estimate of drug-likeness (QED) is 0.375. The number of pyridine rings is 1. The molecule has 0 aliphatic heterocycles. The van der Waals surface area contributed by atoms with Crippen LogP contribution < -0.4 is 16.8 Å². The van der Waals surface area contributed by atoms with E-state index in [1.54, 1.807) is 37.5 Å². The minimum Gasteiger partial charge on any atom is -0.401 e. The lowest BCUT2D eigenvalue weighted by Gasteiger charge is -2.19. The van der Waals surface area contributed by atoms with Crippen molar-refractivity contribution in [3.8, 4) is 11.4 Å². The molecule has 0 saturated carbocycles. The van der Waals surface area contributed by atoms with Crippen LogP contribution in [-0.4, -0.2) is 20.9 Å². The molecule has 188 valence electrons. The maximum atomic E-state index is 14.2. The number of anilines is 1. The predicted octanol–water partition coefficient (Wildman–Crippen LogP) is 5.14. The number of allylic oxidation sites excluding steroid dienone is 3. The van der Waals surface area contributed by atoms with Gasteiger partial charge in [0.25, 0.3) is 0 Å². The molecule has 5 N–H and O–H groups in total. The topological polar surface area (TPSA) is 120 Å². The molecule has 0 aliphatic carbocycles. The van der Waals surface area contributed by atoms with Crippen molar-refractivity contribution < 1.29 is 13.6 Å². The highest BCUT2D eigenvalue weighted by Crippen LogP contribution is 2.29. The van der Waals surface area contributed by atoms with E-state index in [9.17, 15) is 13.6 Å². The Kier molecular flexibility index (Phi) is 8.47. The lowest BCUT2D eigenvalue weighted by atomic mass is 9.91. The first-order chi connectivity index (χ1) is 17.1. The van der Waals surface area contributed by atoms with Gasteiger partial charge < -0.3 is 16.8 Å². The third-order valence-electron chi connectivity index (χ3n) is 5.72. The number of carbonyl (C=O) groups excluding carboxylic acids is 1. The molecule has 0 radical (unpaired) electrons. The summed E-state index contributed by atoms with van der Waals surface area (Å²) < 4.78 is 28.5. The molecular weight excluding hydrogens is 462 g/mol. The van der Waals surface area contributed by atoms with E-state index in [4.69, 9.17) is 11.5 Å². The van der Waals surface area contributed by atoms with Crippen molar-refractivity contribution in [2.45, 2.75) is 40.0 Å². The van der Waals surface area contributed by atoms with Crippen LogP contribution in [0.15, 0.2) is 66.1 Å². The zero-order chi connectivity index (χ0) is 26.4. The van der Waals surface area contributed by atoms with Crippen LogP contribution in [0.25, 0.3) is 17.1 Å². The van der Waals surface area contributed by atoms with Gasteiger partial charge in [0.1, 0.15) is 17.5 Å². The molecule has 3 aromatic rings. The van der Waals surface area contributed by atoms with Crippen LogP contribution in [0.2, 0.25) is 0 Å². The summed E-state index contributed by atoms with van der Waals surface area (Å²) in [5.41, 5.74) is 14.8. The first-order valence-electron chi connectivity index (χ1n) is 11.6. The molecule has 0 fully saturated rings. The van der Waals surface area contributed by atoms with Crippen molar-refractivity contribution in [3.05, 3.63) is 89.0 Å². The fourth-order valence-corrected chi connectivity index (χ4v) is 3.59. The first kappa shape index (κ1) is 26.5. The summed E-state index contributed by atoms with van der Waals surface area (Å²) in [6.45, 7) is 7.50. The van der Waals surface area contributed by atoms with Crippen molar-refractivity contribution in [3.63, 3.8) is 0 Å². The first-order valence-corrected chi connectivity index (χ1v) is 11.6. The highest BCUT2D eigenvalue weighted by atomic mass is 19.1. The summed E-state index contributed by atoms with van der Waals surface area (Å²) in [7, 11) is 0. The zero-order valence-electron chi connectivity index (χ0n) is 20.7. The molecule has 36 heavy (non-hydrogen) atoms. The van der Waals surface area contributed by atoms with Crippen LogP contribution in [0.5, 0.6) is 0 Å². The van der Waals surface area contributed by atoms with Crippen molar-refractivity contribution in [1.82, 2.24) is 15.0 Å². The average molecular weight is 493 g/mol. The monoisotopic (exact) mass is 492 g/mol. The SMILES string of the molecule is CCC(=O)Nc1ccc(-c2nccc(C(C)/C(N)=C(/C=C(\N)c3c(F)cccc3F)C(C)C)n2)cn1. The molecule has 1 unspecified atom stereocenters. The molecule has 2 heterocycles. The fourth-order valence-electron chi connectivity index (χ4n) is 3.59. The van der Waals surface area contributed by atoms with Crippen LogP contribution in [-0.2, 0) is 4.79 Å². The maximum absolute atomic E-state index is 14.2. The van der Waals surface area contributed by atoms with Gasteiger partial charge in [-0.1, -0.05) is 33.8 Å². The lowest BCUT2D eigenvalue weighted by molar-refractivity contribution is -0.115. The van der Waals surface area contributed by atoms with Gasteiger partial charge in [-0.3, -0.25) is 4.79 Å². The molecule has 0 spiro atoms. The van der Waals surface area contributed by atoms with Crippen LogP contribution in [0.1, 0.15) is 51.3 Å². The van der Waals surface area contributed by atoms with Gasteiger partial charge in [0, 0.05) is 41.7 Å². The lowest BCUT2D eigenvalue weighted by Crippen LogP contribution is -2.15. The summed E-state index contributed by atoms with van der Waals surface area (Å²) in [6.07, 6.45) is 5.09. The Balaban J connectivity index is 1.94. The van der Waals surface area contributed by atoms with Crippen LogP contribution in [0.4, 0.5) is 14.6 Å². The van der Waals surface area contributed by atoms with Gasteiger partial charge in [0.15, 0.2) is 5.82 Å². The largest absolute Gasteiger partial charge is 0.401 e. The van der Waals surface area contributed by atoms with Gasteiger partial charge in [0.05, 0.1) is 11.3 Å². The van der Waals surface area contributed by atoms with Gasteiger partial charge in [-0.2, -0.15) is 0 Å². The number of hydrogen-bond donors (Lipinski definition) is 3. The molecule has 7 nitrogen and oxygen atoms in total. The molecule has 9 heteroatoms. The minimum atomic E-state index is -0.743. The van der Waals surface area contributed by atoms with Gasteiger partial charge in [-0.05, 0) is 47.9 Å². The van der Waals surface area contributed by atoms with E-state index < -0.39 is 11.6 Å². The van der Waals surface area contributed by atoms with Crippen molar-refractivity contribution in [2.24, 2.45) is 17.4 Å². The summed E-state index contributed by atoms with van der Waals surface area (Å²) in [5.74, 6) is -1.13. The fraction of sp³-hybridized carbons (Fsp3) is 0.259. The second kappa shape index (κ2) is 11.5. The average Bonchev–Trinajstić information content (AvgIpc) is 2.86. The van der Waals surface area contributed by atoms with E-state index in [0.29, 0.717) is 40.6 Å². The third kappa shape index (κ3) is 6.10. The van der Waals surface area contributed by atoms with Crippen LogP contribution in [0, 0.1) is 17.6 Å². The van der Waals surface area contributed by atoms with Gasteiger partial charge in [0.2, 0.25) is 5.91 Å². The van der Waals surface area contributed by atoms with E-state index in [1.807, 2.05) is 20.8 Å². The molecule has 2 aromatic heterocycles. The number of aromatic nitrogens is 3. The van der Waals surface area contributed by atoms with E-state index >= 15 is 0 Å². The number of benzene rings is 1. The van der Waals surface area contributed by atoms with E-state index in [2.05, 4.69) is 20.3 Å². The van der Waals surface area contributed by atoms with Gasteiger partial charge in [-0.15, -0.1) is 0 Å². The number of nitrogens with two attached hydrogens (primary N) is 2. The molecular formula is C27H30F2N6O. The van der Waals surface area contributed by atoms with E-state index in [0.717, 1.165) is 12.1 Å². The molecule has 1 aromatic carbocycles. The Morgan fingerprint density at radius 3 is 2.33 bits per heavy atom. The molecule has 1 amide bonds. The smallest absolute Gasteiger partial charge is 0.225 e. The van der Waals surface area contributed by atoms with Gasteiger partial charge >= 0.3 is 0 Å². The zero-order valence-corrected chi connectivity index (χ0v) is 20.7. The summed E-state index contributed by atoms with van der Waals surface area (Å²) in [5, 5.41) is 2.70. The number of hydrogen-bond acceptors (Lipinski definition) is 6. The summed E-state index contributed by atoms with van der Waals surface area (Å²) >= 11 is 0. The second-order valence-electron chi connectivity index (χ2n) is 8.62. The van der Waals surface area contributed by atoms with Crippen LogP contribution >= 0.6 is 0 Å². The Morgan fingerprint density at radius 2 is 1.75 bits per heavy atom. The number of rotatable bonds is 8. The Hall–Kier alpha value is -4.14. The Labute approximate surface area is 209 Å². The van der Waals surface area contributed by atoms with Crippen molar-refractivity contribution in [1.29, 1.82) is 0 Å². The van der Waals surface area contributed by atoms with E-state index in [-0.39, 0.29) is 29.0 Å². The van der Waals surface area contributed by atoms with Crippen LogP contribution in [0.3, 0.4) is 0 Å². The standard InChI is InChI=1S/C27H30F2N6O/c1-5-24(36)35-23-10-9-17(14-33-23)27-32-12-11-22(34-27)16(4)26(31)18(15(2)3)13-21(30)25-19(28)7-6-8-20(25)29/h6-16H,5,30-31H2,1-4H3,(H,33,35,36)/b21-13-,26-18+. The summed E-state index contributed by atoms with van der Waals surface area (Å²) in [6, 6.07) is 8.81. The maximum Gasteiger partial charge on any atom is 0.225 e. The number of carbonyl (C=O) groups is 1. The predicted molar refractivity (Wildman–Crippen MR) is 137 cm³/mol. The van der Waals surface area contributed by atoms with E-state index in [1.165, 1.54) is 12.1 Å². The Bertz CT molecular complexity index is 1280. The highest BCUT2D eigenvalue weighted by Gasteiger charge is 2.19. The second-order valence-corrected chi connectivity index (χ2v) is 8.62. The number of nitrogens with zero attached hydrogens (tertiary/aromatic N) is 3. The van der Waals surface area contributed by atoms with Crippen molar-refractivity contribution in [2.75, 3.05) is 5.32 Å². The normalized spacial score (nSPS) is 13.4. The summed E-state index contributed by atoms with van der Waals surface area (Å²) in [4.78, 5) is 24.8. The third-order valence-corrected chi connectivity index (χ3v) is 5.72.